The van der Waals surface area contributed by atoms with Crippen LogP contribution in [0.1, 0.15) is 23.2 Å². The van der Waals surface area contributed by atoms with E-state index in [9.17, 15) is 4.79 Å². The number of hydrazone groups is 1. The minimum atomic E-state index is 0.103. The first-order valence-electron chi connectivity index (χ1n) is 6.38. The third-order valence-electron chi connectivity index (χ3n) is 3.27. The summed E-state index contributed by atoms with van der Waals surface area (Å²) in [7, 11) is 0. The maximum absolute atomic E-state index is 11.9. The molecule has 2 aromatic rings. The second-order valence-electron chi connectivity index (χ2n) is 4.61. The van der Waals surface area contributed by atoms with E-state index in [4.69, 9.17) is 0 Å². The van der Waals surface area contributed by atoms with Crippen LogP contribution in [-0.2, 0) is 6.42 Å². The molecule has 4 heteroatoms. The summed E-state index contributed by atoms with van der Waals surface area (Å²) in [6.07, 6.45) is 5.55. The molecule has 0 bridgehead atoms. The van der Waals surface area contributed by atoms with Crippen molar-refractivity contribution < 1.29 is 4.79 Å². The summed E-state index contributed by atoms with van der Waals surface area (Å²) in [5, 5.41) is 4.33. The van der Waals surface area contributed by atoms with Gasteiger partial charge in [0.15, 0.2) is 0 Å². The number of nitrogens with zero attached hydrogens (tertiary/aromatic N) is 2. The highest BCUT2D eigenvalue weighted by atomic mass is 16.1. The average molecular weight is 253 g/mol. The van der Waals surface area contributed by atoms with Crippen molar-refractivity contribution in [3.8, 4) is 0 Å². The Labute approximate surface area is 111 Å². The van der Waals surface area contributed by atoms with E-state index in [1.807, 2.05) is 30.3 Å². The lowest BCUT2D eigenvalue weighted by Crippen LogP contribution is -2.16. The zero-order chi connectivity index (χ0) is 13.1. The molecule has 0 amide bonds. The summed E-state index contributed by atoms with van der Waals surface area (Å²) >= 11 is 0. The molecule has 1 aliphatic heterocycles. The second kappa shape index (κ2) is 5.10. The van der Waals surface area contributed by atoms with E-state index in [-0.39, 0.29) is 5.91 Å². The minimum Gasteiger partial charge on any atom is -0.295 e. The van der Waals surface area contributed by atoms with Crippen LogP contribution < -0.4 is 5.43 Å². The Hall–Kier alpha value is -2.36. The fraction of sp³-hybridized carbons (Fsp3) is 0.200. The van der Waals surface area contributed by atoms with Crippen LogP contribution >= 0.6 is 0 Å². The molecule has 0 aliphatic carbocycles. The van der Waals surface area contributed by atoms with Crippen LogP contribution in [0.15, 0.2) is 53.9 Å². The Kier molecular flexibility index (Phi) is 3.14. The quantitative estimate of drug-likeness (QED) is 0.914. The zero-order valence-electron chi connectivity index (χ0n) is 10.5. The minimum absolute atomic E-state index is 0.103. The van der Waals surface area contributed by atoms with Crippen molar-refractivity contribution >= 4 is 17.3 Å². The number of benzene rings is 1. The van der Waals surface area contributed by atoms with Gasteiger partial charge in [0, 0.05) is 30.9 Å². The van der Waals surface area contributed by atoms with Crippen LogP contribution in [0.5, 0.6) is 0 Å². The van der Waals surface area contributed by atoms with Crippen molar-refractivity contribution in [2.75, 3.05) is 5.43 Å². The number of aromatic nitrogens is 1. The standard InChI is InChI=1S/C15H15N3O/c19-15(18-9-3-4-10-18)8-7-13-11-12-5-1-2-6-14(12)17-16-13/h1-6,9-10,17H,7-8,11H2. The molecule has 1 aromatic carbocycles. The van der Waals surface area contributed by atoms with Crippen LogP contribution in [0, 0.1) is 0 Å². The number of rotatable bonds is 3. The molecule has 1 aromatic heterocycles. The van der Waals surface area contributed by atoms with E-state index >= 15 is 0 Å². The predicted molar refractivity (Wildman–Crippen MR) is 75.5 cm³/mol. The summed E-state index contributed by atoms with van der Waals surface area (Å²) in [5.74, 6) is 0.103. The van der Waals surface area contributed by atoms with Gasteiger partial charge in [-0.25, -0.2) is 0 Å². The number of hydrogen-bond donors (Lipinski definition) is 1. The van der Waals surface area contributed by atoms with Crippen molar-refractivity contribution in [3.05, 3.63) is 54.4 Å². The molecule has 2 heterocycles. The van der Waals surface area contributed by atoms with E-state index in [0.717, 1.165) is 17.8 Å². The Morgan fingerprint density at radius 3 is 2.84 bits per heavy atom. The molecular formula is C15H15N3O. The lowest BCUT2D eigenvalue weighted by molar-refractivity contribution is 0.0905. The van der Waals surface area contributed by atoms with Gasteiger partial charge in [-0.1, -0.05) is 18.2 Å². The van der Waals surface area contributed by atoms with Gasteiger partial charge in [-0.3, -0.25) is 14.8 Å². The van der Waals surface area contributed by atoms with Crippen LogP contribution in [0.2, 0.25) is 0 Å². The molecule has 0 atom stereocenters. The van der Waals surface area contributed by atoms with Gasteiger partial charge in [-0.2, -0.15) is 5.10 Å². The number of carbonyl (C=O) groups excluding carboxylic acids is 1. The molecule has 0 unspecified atom stereocenters. The lowest BCUT2D eigenvalue weighted by Gasteiger charge is -2.16. The number of hydrogen-bond acceptors (Lipinski definition) is 3. The first-order valence-corrected chi connectivity index (χ1v) is 6.38. The maximum atomic E-state index is 11.9. The summed E-state index contributed by atoms with van der Waals surface area (Å²) in [6.45, 7) is 0. The molecule has 19 heavy (non-hydrogen) atoms. The molecule has 0 fully saturated rings. The highest BCUT2D eigenvalue weighted by Crippen LogP contribution is 2.21. The van der Waals surface area contributed by atoms with E-state index in [2.05, 4.69) is 16.6 Å². The van der Waals surface area contributed by atoms with Crippen LogP contribution in [-0.4, -0.2) is 16.2 Å². The predicted octanol–water partition coefficient (Wildman–Crippen LogP) is 2.93. The number of carbonyl (C=O) groups is 1. The van der Waals surface area contributed by atoms with Gasteiger partial charge in [0.05, 0.1) is 5.69 Å². The van der Waals surface area contributed by atoms with Crippen LogP contribution in [0.4, 0.5) is 5.69 Å². The van der Waals surface area contributed by atoms with Crippen molar-refractivity contribution in [1.82, 2.24) is 4.57 Å². The van der Waals surface area contributed by atoms with Gasteiger partial charge in [-0.05, 0) is 30.2 Å². The lowest BCUT2D eigenvalue weighted by atomic mass is 10.0. The Morgan fingerprint density at radius 1 is 1.21 bits per heavy atom. The number of anilines is 1. The highest BCUT2D eigenvalue weighted by molar-refractivity contribution is 5.93. The molecule has 96 valence electrons. The van der Waals surface area contributed by atoms with E-state index in [1.165, 1.54) is 5.56 Å². The number of nitrogens with one attached hydrogen (secondary N) is 1. The molecule has 1 aliphatic rings. The molecule has 0 saturated carbocycles. The molecule has 4 nitrogen and oxygen atoms in total. The molecule has 0 radical (unpaired) electrons. The van der Waals surface area contributed by atoms with Crippen molar-refractivity contribution in [2.24, 2.45) is 5.10 Å². The number of fused-ring (bicyclic) bond motifs is 1. The Balaban J connectivity index is 1.61. The first kappa shape index (κ1) is 11.7. The SMILES string of the molecule is O=C(CCC1=NNc2ccccc2C1)n1cccc1. The monoisotopic (exact) mass is 253 g/mol. The summed E-state index contributed by atoms with van der Waals surface area (Å²) in [4.78, 5) is 11.9. The second-order valence-corrected chi connectivity index (χ2v) is 4.61. The van der Waals surface area contributed by atoms with Crippen LogP contribution in [0.3, 0.4) is 0 Å². The van der Waals surface area contributed by atoms with E-state index < -0.39 is 0 Å². The van der Waals surface area contributed by atoms with Gasteiger partial charge in [0.1, 0.15) is 0 Å². The van der Waals surface area contributed by atoms with E-state index in [0.29, 0.717) is 12.8 Å². The Morgan fingerprint density at radius 2 is 2.00 bits per heavy atom. The average Bonchev–Trinajstić information content (AvgIpc) is 2.99. The van der Waals surface area contributed by atoms with Crippen molar-refractivity contribution in [2.45, 2.75) is 19.3 Å². The van der Waals surface area contributed by atoms with Crippen molar-refractivity contribution in [1.29, 1.82) is 0 Å². The van der Waals surface area contributed by atoms with Gasteiger partial charge >= 0.3 is 0 Å². The van der Waals surface area contributed by atoms with Gasteiger partial charge in [0.25, 0.3) is 0 Å². The molecular weight excluding hydrogens is 238 g/mol. The molecule has 0 saturated heterocycles. The molecule has 0 spiro atoms. The first-order chi connectivity index (χ1) is 9.33. The summed E-state index contributed by atoms with van der Waals surface area (Å²) in [6, 6.07) is 11.8. The fourth-order valence-electron chi connectivity index (χ4n) is 2.21. The van der Waals surface area contributed by atoms with Crippen LogP contribution in [0.25, 0.3) is 0 Å². The van der Waals surface area contributed by atoms with Gasteiger partial charge in [0.2, 0.25) is 5.91 Å². The highest BCUT2D eigenvalue weighted by Gasteiger charge is 2.13. The van der Waals surface area contributed by atoms with Crippen molar-refractivity contribution in [3.63, 3.8) is 0 Å². The molecule has 3 rings (SSSR count). The molecule has 1 N–H and O–H groups in total. The Bertz CT molecular complexity index is 614. The third-order valence-corrected chi connectivity index (χ3v) is 3.27. The topological polar surface area (TPSA) is 46.4 Å². The zero-order valence-corrected chi connectivity index (χ0v) is 10.5. The third kappa shape index (κ3) is 2.57. The summed E-state index contributed by atoms with van der Waals surface area (Å²) < 4.78 is 1.62. The number of para-hydroxylation sites is 1. The van der Waals surface area contributed by atoms with E-state index in [1.54, 1.807) is 17.0 Å². The van der Waals surface area contributed by atoms with Gasteiger partial charge < -0.3 is 0 Å². The smallest absolute Gasteiger partial charge is 0.230 e. The van der Waals surface area contributed by atoms with Gasteiger partial charge in [-0.15, -0.1) is 0 Å². The summed E-state index contributed by atoms with van der Waals surface area (Å²) in [5.41, 5.74) is 6.36. The maximum Gasteiger partial charge on any atom is 0.230 e. The fourth-order valence-corrected chi connectivity index (χ4v) is 2.21. The normalized spacial score (nSPS) is 13.4. The largest absolute Gasteiger partial charge is 0.295 e.